The molecule has 0 bridgehead atoms. The Morgan fingerprint density at radius 3 is 2.46 bits per heavy atom. The number of carbonyl (C=O) groups is 2. The molecule has 9 heteroatoms. The van der Waals surface area contributed by atoms with Gasteiger partial charge < -0.3 is 14.8 Å². The molecule has 0 unspecified atom stereocenters. The number of hydrogen-bond acceptors (Lipinski definition) is 7. The first-order valence-corrected chi connectivity index (χ1v) is 12.7. The van der Waals surface area contributed by atoms with Crippen molar-refractivity contribution in [3.63, 3.8) is 0 Å². The second-order valence-corrected chi connectivity index (χ2v) is 9.71. The van der Waals surface area contributed by atoms with E-state index in [0.29, 0.717) is 23.0 Å². The monoisotopic (exact) mass is 514 g/mol. The predicted octanol–water partition coefficient (Wildman–Crippen LogP) is 4.88. The molecule has 0 aliphatic carbocycles. The highest BCUT2D eigenvalue weighted by Gasteiger charge is 2.39. The van der Waals surface area contributed by atoms with E-state index in [2.05, 4.69) is 10.3 Å². The first-order chi connectivity index (χ1) is 18.1. The van der Waals surface area contributed by atoms with Crippen LogP contribution in [0, 0.1) is 0 Å². The molecule has 188 valence electrons. The molecule has 0 saturated carbocycles. The van der Waals surface area contributed by atoms with Crippen LogP contribution in [0.15, 0.2) is 89.0 Å². The number of benzene rings is 3. The third-order valence-electron chi connectivity index (χ3n) is 6.19. The Balaban J connectivity index is 1.34. The van der Waals surface area contributed by atoms with E-state index in [9.17, 15) is 9.59 Å². The van der Waals surface area contributed by atoms with E-state index in [4.69, 9.17) is 14.6 Å². The molecule has 3 aromatic carbocycles. The summed E-state index contributed by atoms with van der Waals surface area (Å²) in [6, 6.07) is 24.8. The standard InChI is InChI=1S/C28H26N4O4S/c1-35-20-14-12-18(13-15-20)22-16-23(19-8-4-3-5-9-19)32(31-22)28-30-27(34)25(37-28)17-26(33)29-21-10-6-7-11-24(21)36-2/h3-15,23,25H,16-17H2,1-2H3,(H,29,33)/t23-,25-/m1/s1. The summed E-state index contributed by atoms with van der Waals surface area (Å²) >= 11 is 1.27. The van der Waals surface area contributed by atoms with Crippen molar-refractivity contribution in [1.29, 1.82) is 0 Å². The predicted molar refractivity (Wildman–Crippen MR) is 145 cm³/mol. The topological polar surface area (TPSA) is 92.6 Å². The number of anilines is 1. The van der Waals surface area contributed by atoms with Crippen LogP contribution in [0.25, 0.3) is 0 Å². The van der Waals surface area contributed by atoms with Crippen molar-refractivity contribution in [2.45, 2.75) is 24.1 Å². The second-order valence-electron chi connectivity index (χ2n) is 8.54. The summed E-state index contributed by atoms with van der Waals surface area (Å²) in [5, 5.41) is 9.40. The van der Waals surface area contributed by atoms with Gasteiger partial charge in [-0.25, -0.2) is 5.01 Å². The fourth-order valence-corrected chi connectivity index (χ4v) is 5.36. The number of carbonyl (C=O) groups excluding carboxylic acids is 2. The molecule has 2 amide bonds. The van der Waals surface area contributed by atoms with Gasteiger partial charge in [0.15, 0.2) is 5.17 Å². The average Bonchev–Trinajstić information content (AvgIpc) is 3.53. The van der Waals surface area contributed by atoms with Crippen LogP contribution in [0.4, 0.5) is 5.69 Å². The van der Waals surface area contributed by atoms with Crippen LogP contribution in [-0.2, 0) is 9.59 Å². The minimum absolute atomic E-state index is 0.00650. The molecule has 2 atom stereocenters. The van der Waals surface area contributed by atoms with E-state index in [1.165, 1.54) is 11.8 Å². The number of para-hydroxylation sites is 2. The third kappa shape index (κ3) is 5.36. The number of thioether (sulfide) groups is 1. The van der Waals surface area contributed by atoms with Crippen LogP contribution >= 0.6 is 11.8 Å². The van der Waals surface area contributed by atoms with E-state index in [1.807, 2.05) is 71.7 Å². The van der Waals surface area contributed by atoms with E-state index >= 15 is 0 Å². The van der Waals surface area contributed by atoms with Gasteiger partial charge >= 0.3 is 0 Å². The number of aliphatic imine (C=N–C) groups is 1. The number of amidine groups is 1. The van der Waals surface area contributed by atoms with E-state index < -0.39 is 5.25 Å². The minimum Gasteiger partial charge on any atom is -0.497 e. The largest absolute Gasteiger partial charge is 0.497 e. The molecular formula is C28H26N4O4S. The number of hydrazone groups is 1. The number of rotatable bonds is 7. The van der Waals surface area contributed by atoms with Crippen LogP contribution in [-0.4, -0.2) is 47.2 Å². The van der Waals surface area contributed by atoms with Crippen molar-refractivity contribution in [3.8, 4) is 11.5 Å². The summed E-state index contributed by atoms with van der Waals surface area (Å²) < 4.78 is 10.6. The number of hydrogen-bond donors (Lipinski definition) is 1. The maximum absolute atomic E-state index is 12.8. The fourth-order valence-electron chi connectivity index (χ4n) is 4.30. The van der Waals surface area contributed by atoms with E-state index in [1.54, 1.807) is 26.4 Å². The first kappa shape index (κ1) is 24.6. The molecule has 8 nitrogen and oxygen atoms in total. The van der Waals surface area contributed by atoms with Gasteiger partial charge in [-0.3, -0.25) is 9.59 Å². The van der Waals surface area contributed by atoms with Crippen LogP contribution in [0.3, 0.4) is 0 Å². The molecule has 0 aromatic heterocycles. The summed E-state index contributed by atoms with van der Waals surface area (Å²) in [5.41, 5.74) is 3.50. The fraction of sp³-hybridized carbons (Fsp3) is 0.214. The molecule has 0 fully saturated rings. The second kappa shape index (κ2) is 10.9. The molecule has 2 aliphatic heterocycles. The van der Waals surface area contributed by atoms with Crippen molar-refractivity contribution in [3.05, 3.63) is 90.0 Å². The van der Waals surface area contributed by atoms with E-state index in [0.717, 1.165) is 22.6 Å². The number of nitrogens with zero attached hydrogens (tertiary/aromatic N) is 3. The van der Waals surface area contributed by atoms with Crippen LogP contribution in [0.1, 0.15) is 30.0 Å². The van der Waals surface area contributed by atoms with Crippen LogP contribution in [0.2, 0.25) is 0 Å². The van der Waals surface area contributed by atoms with Crippen molar-refractivity contribution < 1.29 is 19.1 Å². The summed E-state index contributed by atoms with van der Waals surface area (Å²) in [6.45, 7) is 0. The smallest absolute Gasteiger partial charge is 0.262 e. The maximum atomic E-state index is 12.8. The normalized spacial score (nSPS) is 18.9. The summed E-state index contributed by atoms with van der Waals surface area (Å²) in [6.07, 6.45) is 0.649. The number of methoxy groups -OCH3 is 2. The van der Waals surface area contributed by atoms with Gasteiger partial charge in [-0.05, 0) is 47.5 Å². The van der Waals surface area contributed by atoms with Gasteiger partial charge in [-0.1, -0.05) is 54.2 Å². The van der Waals surface area contributed by atoms with E-state index in [-0.39, 0.29) is 24.3 Å². The van der Waals surface area contributed by atoms with Crippen LogP contribution in [0.5, 0.6) is 11.5 Å². The van der Waals surface area contributed by atoms with Gasteiger partial charge in [-0.15, -0.1) is 0 Å². The Bertz CT molecular complexity index is 1360. The van der Waals surface area contributed by atoms with Gasteiger partial charge in [0.2, 0.25) is 5.91 Å². The van der Waals surface area contributed by atoms with Crippen molar-refractivity contribution >= 4 is 40.1 Å². The molecule has 5 rings (SSSR count). The molecule has 1 N–H and O–H groups in total. The summed E-state index contributed by atoms with van der Waals surface area (Å²) in [5.74, 6) is 0.709. The van der Waals surface area contributed by atoms with Crippen LogP contribution < -0.4 is 14.8 Å². The van der Waals surface area contributed by atoms with Crippen molar-refractivity contribution in [2.24, 2.45) is 10.1 Å². The first-order valence-electron chi connectivity index (χ1n) is 11.8. The number of nitrogens with one attached hydrogen (secondary N) is 1. The number of ether oxygens (including phenoxy) is 2. The Labute approximate surface area is 219 Å². The third-order valence-corrected chi connectivity index (χ3v) is 7.34. The molecule has 2 aliphatic rings. The van der Waals surface area contributed by atoms with Crippen molar-refractivity contribution in [1.82, 2.24) is 5.01 Å². The quantitative estimate of drug-likeness (QED) is 0.483. The lowest BCUT2D eigenvalue weighted by Gasteiger charge is -2.23. The molecule has 3 aromatic rings. The zero-order valence-corrected chi connectivity index (χ0v) is 21.3. The molecular weight excluding hydrogens is 488 g/mol. The summed E-state index contributed by atoms with van der Waals surface area (Å²) in [4.78, 5) is 29.9. The lowest BCUT2D eigenvalue weighted by Crippen LogP contribution is -2.25. The molecule has 0 saturated heterocycles. The molecule has 0 radical (unpaired) electrons. The number of amides is 2. The Morgan fingerprint density at radius 1 is 1.00 bits per heavy atom. The Hall–Kier alpha value is -4.11. The SMILES string of the molecule is COc1ccc(C2=NN(C3=NC(=O)[C@@H](CC(=O)Nc4ccccc4OC)S3)[C@@H](c3ccccc3)C2)cc1. The van der Waals surface area contributed by atoms with Gasteiger partial charge in [0.25, 0.3) is 5.91 Å². The lowest BCUT2D eigenvalue weighted by molar-refractivity contribution is -0.121. The Morgan fingerprint density at radius 2 is 1.73 bits per heavy atom. The maximum Gasteiger partial charge on any atom is 0.262 e. The lowest BCUT2D eigenvalue weighted by atomic mass is 9.98. The van der Waals surface area contributed by atoms with Gasteiger partial charge in [0.05, 0.1) is 31.7 Å². The van der Waals surface area contributed by atoms with Crippen molar-refractivity contribution in [2.75, 3.05) is 19.5 Å². The van der Waals surface area contributed by atoms with Gasteiger partial charge in [0, 0.05) is 12.8 Å². The Kier molecular flexibility index (Phi) is 7.23. The summed E-state index contributed by atoms with van der Waals surface area (Å²) in [7, 11) is 3.18. The highest BCUT2D eigenvalue weighted by molar-refractivity contribution is 8.15. The molecule has 37 heavy (non-hydrogen) atoms. The zero-order valence-electron chi connectivity index (χ0n) is 20.5. The highest BCUT2D eigenvalue weighted by atomic mass is 32.2. The van der Waals surface area contributed by atoms with Gasteiger partial charge in [0.1, 0.15) is 16.7 Å². The van der Waals surface area contributed by atoms with Gasteiger partial charge in [-0.2, -0.15) is 10.1 Å². The molecule has 2 heterocycles. The zero-order chi connectivity index (χ0) is 25.8. The molecule has 0 spiro atoms. The highest BCUT2D eigenvalue weighted by Crippen LogP contribution is 2.38. The average molecular weight is 515 g/mol. The minimum atomic E-state index is -0.624.